The van der Waals surface area contributed by atoms with Gasteiger partial charge in [0, 0.05) is 32.1 Å². The van der Waals surface area contributed by atoms with E-state index in [1.807, 2.05) is 49.3 Å². The highest BCUT2D eigenvalue weighted by Gasteiger charge is 1.95. The molecule has 2 aromatic rings. The van der Waals surface area contributed by atoms with Crippen molar-refractivity contribution in [2.24, 2.45) is 0 Å². The lowest BCUT2D eigenvalue weighted by Gasteiger charge is -1.95. The second kappa shape index (κ2) is 11.0. The summed E-state index contributed by atoms with van der Waals surface area (Å²) in [4.78, 5) is 0. The number of hydrogen-bond donors (Lipinski definition) is 0. The van der Waals surface area contributed by atoms with E-state index in [1.54, 1.807) is 7.11 Å². The van der Waals surface area contributed by atoms with Crippen molar-refractivity contribution in [2.45, 2.75) is 67.7 Å². The van der Waals surface area contributed by atoms with Crippen molar-refractivity contribution in [3.8, 4) is 0 Å². The molecule has 0 saturated heterocycles. The summed E-state index contributed by atoms with van der Waals surface area (Å²) in [5, 5.41) is 8.39. The molecule has 0 spiro atoms. The zero-order valence-electron chi connectivity index (χ0n) is 15.4. The van der Waals surface area contributed by atoms with Crippen LogP contribution < -0.4 is 0 Å². The van der Waals surface area contributed by atoms with E-state index in [4.69, 9.17) is 4.74 Å². The van der Waals surface area contributed by atoms with E-state index in [9.17, 15) is 0 Å². The van der Waals surface area contributed by atoms with E-state index in [0.29, 0.717) is 6.10 Å². The maximum Gasteiger partial charge on any atom is 0.0596 e. The highest BCUT2D eigenvalue weighted by Crippen LogP contribution is 1.99. The Hall–Kier alpha value is -1.62. The molecule has 0 radical (unpaired) electrons. The number of ether oxygens (including phenoxy) is 1. The number of aryl methyl sites for hydroxylation is 5. The fourth-order valence-corrected chi connectivity index (χ4v) is 1.63. The van der Waals surface area contributed by atoms with Crippen LogP contribution in [0.25, 0.3) is 0 Å². The zero-order chi connectivity index (χ0) is 17.1. The first-order chi connectivity index (χ1) is 10.3. The Balaban J connectivity index is 0.000000315. The maximum absolute atomic E-state index is 4.75. The molecule has 0 saturated carbocycles. The summed E-state index contributed by atoms with van der Waals surface area (Å²) < 4.78 is 8.66. The Bertz CT molecular complexity index is 514. The summed E-state index contributed by atoms with van der Waals surface area (Å²) in [6.07, 6.45) is 2.37. The van der Waals surface area contributed by atoms with Gasteiger partial charge in [-0.1, -0.05) is 0 Å². The Labute approximate surface area is 135 Å². The molecule has 2 aromatic heterocycles. The van der Waals surface area contributed by atoms with Gasteiger partial charge >= 0.3 is 0 Å². The first-order valence-corrected chi connectivity index (χ1v) is 7.87. The lowest BCUT2D eigenvalue weighted by atomic mass is 10.4. The van der Waals surface area contributed by atoms with E-state index in [-0.39, 0.29) is 0 Å². The molecule has 5 heteroatoms. The first kappa shape index (κ1) is 20.4. The van der Waals surface area contributed by atoms with Gasteiger partial charge in [0.25, 0.3) is 0 Å². The van der Waals surface area contributed by atoms with Crippen molar-refractivity contribution in [1.29, 1.82) is 0 Å². The minimum atomic E-state index is 0.384. The SMILES string of the molecule is CCn1ccc(C)n1.CCn1nc(C)cc1C.COC(C)C. The molecule has 5 nitrogen and oxygen atoms in total. The van der Waals surface area contributed by atoms with Gasteiger partial charge in [-0.3, -0.25) is 9.36 Å². The third-order valence-electron chi connectivity index (χ3n) is 2.97. The highest BCUT2D eigenvalue weighted by atomic mass is 16.5. The number of methoxy groups -OCH3 is 1. The Kier molecular flexibility index (Phi) is 10.2. The van der Waals surface area contributed by atoms with Crippen LogP contribution in [0, 0.1) is 20.8 Å². The first-order valence-electron chi connectivity index (χ1n) is 7.87. The number of aromatic nitrogens is 4. The molecule has 0 N–H and O–H groups in total. The van der Waals surface area contributed by atoms with Crippen LogP contribution in [0.3, 0.4) is 0 Å². The van der Waals surface area contributed by atoms with Gasteiger partial charge in [-0.2, -0.15) is 10.2 Å². The summed E-state index contributed by atoms with van der Waals surface area (Å²) >= 11 is 0. The molecule has 0 aliphatic carbocycles. The van der Waals surface area contributed by atoms with Crippen LogP contribution in [0.1, 0.15) is 44.8 Å². The third-order valence-corrected chi connectivity index (χ3v) is 2.97. The monoisotopic (exact) mass is 308 g/mol. The van der Waals surface area contributed by atoms with Gasteiger partial charge in [0.05, 0.1) is 17.5 Å². The lowest BCUT2D eigenvalue weighted by molar-refractivity contribution is 0.134. The van der Waals surface area contributed by atoms with Crippen molar-refractivity contribution >= 4 is 0 Å². The Morgan fingerprint density at radius 3 is 1.82 bits per heavy atom. The van der Waals surface area contributed by atoms with E-state index in [0.717, 1.165) is 24.5 Å². The van der Waals surface area contributed by atoms with Crippen LogP contribution in [0.4, 0.5) is 0 Å². The van der Waals surface area contributed by atoms with E-state index < -0.39 is 0 Å². The second-order valence-corrected chi connectivity index (χ2v) is 5.34. The second-order valence-electron chi connectivity index (χ2n) is 5.34. The van der Waals surface area contributed by atoms with Gasteiger partial charge in [-0.15, -0.1) is 0 Å². The molecular weight excluding hydrogens is 276 g/mol. The van der Waals surface area contributed by atoms with Crippen LogP contribution in [0.2, 0.25) is 0 Å². The predicted octanol–water partition coefficient (Wildman–Crippen LogP) is 3.77. The van der Waals surface area contributed by atoms with Crippen molar-refractivity contribution < 1.29 is 4.74 Å². The summed E-state index contributed by atoms with van der Waals surface area (Å²) in [6, 6.07) is 4.09. The number of rotatable bonds is 3. The molecule has 2 heterocycles. The van der Waals surface area contributed by atoms with Gasteiger partial charge in [0.1, 0.15) is 0 Å². The van der Waals surface area contributed by atoms with Gasteiger partial charge in [0.2, 0.25) is 0 Å². The Morgan fingerprint density at radius 2 is 1.64 bits per heavy atom. The van der Waals surface area contributed by atoms with Crippen LogP contribution in [-0.2, 0) is 17.8 Å². The molecule has 22 heavy (non-hydrogen) atoms. The Morgan fingerprint density at radius 1 is 1.05 bits per heavy atom. The van der Waals surface area contributed by atoms with Crippen LogP contribution in [-0.4, -0.2) is 32.8 Å². The minimum Gasteiger partial charge on any atom is -0.382 e. The highest BCUT2D eigenvalue weighted by molar-refractivity contribution is 5.06. The van der Waals surface area contributed by atoms with Crippen molar-refractivity contribution in [2.75, 3.05) is 7.11 Å². The average Bonchev–Trinajstić information content (AvgIpc) is 3.05. The van der Waals surface area contributed by atoms with Crippen LogP contribution in [0.15, 0.2) is 18.3 Å². The lowest BCUT2D eigenvalue weighted by Crippen LogP contribution is -1.97. The summed E-state index contributed by atoms with van der Waals surface area (Å²) in [7, 11) is 1.70. The quantitative estimate of drug-likeness (QED) is 0.867. The van der Waals surface area contributed by atoms with Gasteiger partial charge in [-0.25, -0.2) is 0 Å². The molecule has 0 atom stereocenters. The molecule has 0 aliphatic rings. The fourth-order valence-electron chi connectivity index (χ4n) is 1.63. The average molecular weight is 308 g/mol. The molecule has 0 aliphatic heterocycles. The zero-order valence-corrected chi connectivity index (χ0v) is 15.4. The van der Waals surface area contributed by atoms with Crippen LogP contribution >= 0.6 is 0 Å². The summed E-state index contributed by atoms with van der Waals surface area (Å²) in [6.45, 7) is 16.2. The topological polar surface area (TPSA) is 44.9 Å². The fraction of sp³-hybridized carbons (Fsp3) is 0.647. The van der Waals surface area contributed by atoms with E-state index in [1.165, 1.54) is 5.69 Å². The van der Waals surface area contributed by atoms with Crippen molar-refractivity contribution in [3.63, 3.8) is 0 Å². The molecular formula is C17H32N4O. The molecule has 126 valence electrons. The predicted molar refractivity (Wildman–Crippen MR) is 92.2 cm³/mol. The largest absolute Gasteiger partial charge is 0.382 e. The summed E-state index contributed by atoms with van der Waals surface area (Å²) in [5.74, 6) is 0. The molecule has 2 rings (SSSR count). The molecule has 0 amide bonds. The van der Waals surface area contributed by atoms with Crippen molar-refractivity contribution in [1.82, 2.24) is 19.6 Å². The standard InChI is InChI=1S/C7H12N2.C6H10N2.C4H10O/c1-4-9-7(3)5-6(2)8-9;1-3-8-5-4-6(2)7-8;1-4(2)5-3/h5H,4H2,1-3H3;4-5H,3H2,1-2H3;4H,1-3H3. The maximum atomic E-state index is 4.75. The molecule has 0 bridgehead atoms. The minimum absolute atomic E-state index is 0.384. The van der Waals surface area contributed by atoms with Gasteiger partial charge in [0.15, 0.2) is 0 Å². The third kappa shape index (κ3) is 8.62. The van der Waals surface area contributed by atoms with E-state index in [2.05, 4.69) is 37.0 Å². The summed E-state index contributed by atoms with van der Waals surface area (Å²) in [5.41, 5.74) is 3.44. The molecule has 0 fully saturated rings. The van der Waals surface area contributed by atoms with E-state index >= 15 is 0 Å². The van der Waals surface area contributed by atoms with Gasteiger partial charge in [-0.05, 0) is 60.6 Å². The smallest absolute Gasteiger partial charge is 0.0596 e. The number of nitrogens with zero attached hydrogens (tertiary/aromatic N) is 4. The normalized spacial score (nSPS) is 9.86. The van der Waals surface area contributed by atoms with Crippen LogP contribution in [0.5, 0.6) is 0 Å². The molecule has 0 unspecified atom stereocenters. The molecule has 0 aromatic carbocycles. The van der Waals surface area contributed by atoms with Crippen molar-refractivity contribution in [3.05, 3.63) is 35.4 Å². The number of hydrogen-bond acceptors (Lipinski definition) is 3. The van der Waals surface area contributed by atoms with Gasteiger partial charge < -0.3 is 4.74 Å².